The number of piperidine rings is 1. The van der Waals surface area contributed by atoms with Crippen molar-refractivity contribution in [1.82, 2.24) is 9.80 Å². The number of nitrogens with one attached hydrogen (secondary N) is 1. The van der Waals surface area contributed by atoms with Crippen LogP contribution in [0.2, 0.25) is 0 Å². The van der Waals surface area contributed by atoms with Crippen molar-refractivity contribution in [2.75, 3.05) is 25.0 Å². The molecule has 7 nitrogen and oxygen atoms in total. The summed E-state index contributed by atoms with van der Waals surface area (Å²) in [6.07, 6.45) is 5.16. The molecular weight excluding hydrogens is 468 g/mol. The predicted octanol–water partition coefficient (Wildman–Crippen LogP) is 4.39. The third-order valence-electron chi connectivity index (χ3n) is 5.68. The second kappa shape index (κ2) is 11.5. The number of rotatable bonds is 8. The van der Waals surface area contributed by atoms with E-state index in [9.17, 15) is 14.4 Å². The number of carbonyl (C=O) groups excluding carboxylic acids is 3. The molecule has 178 valence electrons. The van der Waals surface area contributed by atoms with Crippen molar-refractivity contribution < 1.29 is 14.4 Å². The molecular formula is C25H28N4O3S2. The van der Waals surface area contributed by atoms with Gasteiger partial charge in [-0.3, -0.25) is 14.4 Å². The molecule has 0 radical (unpaired) electrons. The Labute approximate surface area is 207 Å². The summed E-state index contributed by atoms with van der Waals surface area (Å²) in [6.45, 7) is 6.51. The third kappa shape index (κ3) is 6.15. The Morgan fingerprint density at radius 1 is 1.21 bits per heavy atom. The van der Waals surface area contributed by atoms with Gasteiger partial charge < -0.3 is 15.1 Å². The van der Waals surface area contributed by atoms with Crippen molar-refractivity contribution in [3.63, 3.8) is 0 Å². The SMILES string of the molecule is C=CCN(Cc1cccs1)C(=O)c1cccc(NC(=O)CC2SC(N3CCCCC3)=NC2=O)c1. The minimum absolute atomic E-state index is 0.0451. The van der Waals surface area contributed by atoms with Crippen LogP contribution in [-0.4, -0.2) is 57.6 Å². The number of anilines is 1. The van der Waals surface area contributed by atoms with Crippen molar-refractivity contribution in [3.8, 4) is 0 Å². The van der Waals surface area contributed by atoms with Gasteiger partial charge in [0.25, 0.3) is 11.8 Å². The first-order chi connectivity index (χ1) is 16.5. The lowest BCUT2D eigenvalue weighted by molar-refractivity contribution is -0.121. The summed E-state index contributed by atoms with van der Waals surface area (Å²) >= 11 is 2.98. The molecule has 2 aliphatic rings. The maximum Gasteiger partial charge on any atom is 0.262 e. The number of benzene rings is 1. The Morgan fingerprint density at radius 2 is 2.03 bits per heavy atom. The summed E-state index contributed by atoms with van der Waals surface area (Å²) in [7, 11) is 0. The first-order valence-electron chi connectivity index (χ1n) is 11.4. The highest BCUT2D eigenvalue weighted by Crippen LogP contribution is 2.29. The van der Waals surface area contributed by atoms with E-state index in [4.69, 9.17) is 0 Å². The van der Waals surface area contributed by atoms with Gasteiger partial charge in [0.1, 0.15) is 5.25 Å². The van der Waals surface area contributed by atoms with E-state index >= 15 is 0 Å². The van der Waals surface area contributed by atoms with E-state index in [1.165, 1.54) is 18.2 Å². The molecule has 4 rings (SSSR count). The van der Waals surface area contributed by atoms with Crippen molar-refractivity contribution in [2.45, 2.75) is 37.5 Å². The fourth-order valence-corrected chi connectivity index (χ4v) is 5.82. The van der Waals surface area contributed by atoms with Crippen molar-refractivity contribution >= 4 is 51.7 Å². The van der Waals surface area contributed by atoms with Crippen molar-refractivity contribution in [2.24, 2.45) is 4.99 Å². The zero-order chi connectivity index (χ0) is 23.9. The lowest BCUT2D eigenvalue weighted by Crippen LogP contribution is -2.33. The number of hydrogen-bond acceptors (Lipinski definition) is 6. The third-order valence-corrected chi connectivity index (χ3v) is 7.76. The average Bonchev–Trinajstić information content (AvgIpc) is 3.49. The molecule has 1 aromatic heterocycles. The zero-order valence-electron chi connectivity index (χ0n) is 18.9. The van der Waals surface area contributed by atoms with Crippen LogP contribution in [0.3, 0.4) is 0 Å². The standard InChI is InChI=1S/C25H28N4O3S2/c1-2-11-29(17-20-10-7-14-33-20)24(32)18-8-6-9-19(15-18)26-22(30)16-21-23(31)27-25(34-21)28-12-4-3-5-13-28/h2,6-10,14-15,21H,1,3-5,11-13,16-17H2,(H,26,30). The molecule has 2 aliphatic heterocycles. The van der Waals surface area contributed by atoms with Crippen LogP contribution in [-0.2, 0) is 16.1 Å². The van der Waals surface area contributed by atoms with Gasteiger partial charge in [-0.05, 0) is 48.9 Å². The van der Waals surface area contributed by atoms with E-state index in [0.29, 0.717) is 24.3 Å². The highest BCUT2D eigenvalue weighted by atomic mass is 32.2. The fraction of sp³-hybridized carbons (Fsp3) is 0.360. The molecule has 0 spiro atoms. The smallest absolute Gasteiger partial charge is 0.262 e. The van der Waals surface area contributed by atoms with Crippen molar-refractivity contribution in [3.05, 3.63) is 64.9 Å². The van der Waals surface area contributed by atoms with Crippen LogP contribution in [0.25, 0.3) is 0 Å². The molecule has 3 heterocycles. The van der Waals surface area contributed by atoms with Gasteiger partial charge in [-0.15, -0.1) is 17.9 Å². The Balaban J connectivity index is 1.35. The van der Waals surface area contributed by atoms with E-state index < -0.39 is 5.25 Å². The van der Waals surface area contributed by atoms with Gasteiger partial charge in [-0.2, -0.15) is 4.99 Å². The number of amidine groups is 1. The van der Waals surface area contributed by atoms with Crippen LogP contribution in [0.4, 0.5) is 5.69 Å². The van der Waals surface area contributed by atoms with Crippen LogP contribution in [0, 0.1) is 0 Å². The van der Waals surface area contributed by atoms with E-state index in [1.807, 2.05) is 17.5 Å². The molecule has 1 atom stereocenters. The maximum absolute atomic E-state index is 13.1. The number of thioether (sulfide) groups is 1. The summed E-state index contributed by atoms with van der Waals surface area (Å²) in [5.41, 5.74) is 1.01. The Kier molecular flexibility index (Phi) is 8.18. The van der Waals surface area contributed by atoms with Gasteiger partial charge in [0.05, 0.1) is 6.54 Å². The second-order valence-electron chi connectivity index (χ2n) is 8.27. The number of carbonyl (C=O) groups is 3. The number of hydrogen-bond donors (Lipinski definition) is 1. The van der Waals surface area contributed by atoms with E-state index in [0.717, 1.165) is 36.0 Å². The largest absolute Gasteiger partial charge is 0.351 e. The van der Waals surface area contributed by atoms with Gasteiger partial charge in [-0.25, -0.2) is 0 Å². The topological polar surface area (TPSA) is 82.1 Å². The predicted molar refractivity (Wildman–Crippen MR) is 138 cm³/mol. The molecule has 1 saturated heterocycles. The lowest BCUT2D eigenvalue weighted by atomic mass is 10.1. The van der Waals surface area contributed by atoms with E-state index in [1.54, 1.807) is 46.6 Å². The van der Waals surface area contributed by atoms with Crippen LogP contribution in [0.5, 0.6) is 0 Å². The summed E-state index contributed by atoms with van der Waals surface area (Å²) in [5.74, 6) is -0.657. The summed E-state index contributed by atoms with van der Waals surface area (Å²) in [6, 6.07) is 10.8. The summed E-state index contributed by atoms with van der Waals surface area (Å²) < 4.78 is 0. The van der Waals surface area contributed by atoms with Crippen LogP contribution < -0.4 is 5.32 Å². The minimum atomic E-state index is -0.504. The van der Waals surface area contributed by atoms with E-state index in [-0.39, 0.29) is 24.1 Å². The number of aliphatic imine (C=N–C) groups is 1. The first-order valence-corrected chi connectivity index (χ1v) is 13.2. The van der Waals surface area contributed by atoms with Crippen LogP contribution in [0.15, 0.2) is 59.4 Å². The number of amides is 3. The Bertz CT molecular complexity index is 1080. The lowest BCUT2D eigenvalue weighted by Gasteiger charge is -2.27. The molecule has 0 aliphatic carbocycles. The molecule has 3 amide bonds. The molecule has 2 aromatic rings. The molecule has 0 bridgehead atoms. The highest BCUT2D eigenvalue weighted by molar-refractivity contribution is 8.15. The quantitative estimate of drug-likeness (QED) is 0.548. The van der Waals surface area contributed by atoms with Gasteiger partial charge in [0.15, 0.2) is 5.17 Å². The molecule has 1 unspecified atom stereocenters. The Morgan fingerprint density at radius 3 is 2.76 bits per heavy atom. The molecule has 1 fully saturated rings. The van der Waals surface area contributed by atoms with Crippen molar-refractivity contribution in [1.29, 1.82) is 0 Å². The molecule has 1 N–H and O–H groups in total. The maximum atomic E-state index is 13.1. The highest BCUT2D eigenvalue weighted by Gasteiger charge is 2.33. The van der Waals surface area contributed by atoms with Crippen LogP contribution >= 0.6 is 23.1 Å². The van der Waals surface area contributed by atoms with E-state index in [2.05, 4.69) is 21.8 Å². The Hall–Kier alpha value is -2.91. The molecule has 34 heavy (non-hydrogen) atoms. The minimum Gasteiger partial charge on any atom is -0.351 e. The number of likely N-dealkylation sites (tertiary alicyclic amines) is 1. The zero-order valence-corrected chi connectivity index (χ0v) is 20.6. The number of nitrogens with zero attached hydrogens (tertiary/aromatic N) is 3. The fourth-order valence-electron chi connectivity index (χ4n) is 3.99. The van der Waals surface area contributed by atoms with Gasteiger partial charge in [-0.1, -0.05) is 30.0 Å². The van der Waals surface area contributed by atoms with Crippen LogP contribution in [0.1, 0.15) is 40.9 Å². The first kappa shape index (κ1) is 24.2. The molecule has 9 heteroatoms. The summed E-state index contributed by atoms with van der Waals surface area (Å²) in [5, 5.41) is 5.05. The summed E-state index contributed by atoms with van der Waals surface area (Å²) in [4.78, 5) is 47.3. The molecule has 1 aromatic carbocycles. The molecule has 0 saturated carbocycles. The number of thiophene rings is 1. The second-order valence-corrected chi connectivity index (χ2v) is 10.5. The van der Waals surface area contributed by atoms with Gasteiger partial charge in [0, 0.05) is 42.2 Å². The monoisotopic (exact) mass is 496 g/mol. The van der Waals surface area contributed by atoms with Gasteiger partial charge >= 0.3 is 0 Å². The van der Waals surface area contributed by atoms with Gasteiger partial charge in [0.2, 0.25) is 5.91 Å². The average molecular weight is 497 g/mol. The normalized spacial score (nSPS) is 17.9.